The zero-order valence-electron chi connectivity index (χ0n) is 14.0. The molecule has 9 nitrogen and oxygen atoms in total. The van der Waals surface area contributed by atoms with Crippen LogP contribution in [0.1, 0.15) is 12.5 Å². The Hall–Kier alpha value is -3.38. The number of carboxylic acids is 1. The number of carboxylic acid groups (broad SMARTS) is 1. The number of anilines is 1. The number of ether oxygens (including phenoxy) is 1. The molecular weight excluding hydrogens is 336 g/mol. The van der Waals surface area contributed by atoms with Gasteiger partial charge in [-0.2, -0.15) is 14.9 Å². The number of hydrogen-bond acceptors (Lipinski definition) is 6. The van der Waals surface area contributed by atoms with Gasteiger partial charge in [0.1, 0.15) is 5.82 Å². The third-order valence-corrected chi connectivity index (χ3v) is 4.20. The first kappa shape index (κ1) is 16.1. The fraction of sp³-hybridized carbons (Fsp3) is 0.294. The Kier molecular flexibility index (Phi) is 4.02. The molecule has 0 saturated carbocycles. The Balaban J connectivity index is 1.91. The second kappa shape index (κ2) is 6.50. The molecule has 1 aliphatic heterocycles. The molecule has 3 aromatic rings. The Morgan fingerprint density at radius 3 is 3.08 bits per heavy atom. The quantitative estimate of drug-likeness (QED) is 0.657. The van der Waals surface area contributed by atoms with Crippen molar-refractivity contribution >= 4 is 22.8 Å². The van der Waals surface area contributed by atoms with Gasteiger partial charge in [0, 0.05) is 30.3 Å². The van der Waals surface area contributed by atoms with E-state index >= 15 is 0 Å². The monoisotopic (exact) mass is 352 g/mol. The summed E-state index contributed by atoms with van der Waals surface area (Å²) in [6.07, 6.45) is 3.32. The summed E-state index contributed by atoms with van der Waals surface area (Å²) in [7, 11) is 0. The molecule has 0 bridgehead atoms. The van der Waals surface area contributed by atoms with Gasteiger partial charge in [-0.1, -0.05) is 5.92 Å². The molecular formula is C17H16N6O3. The van der Waals surface area contributed by atoms with E-state index in [0.717, 1.165) is 0 Å². The molecule has 0 aliphatic carbocycles. The summed E-state index contributed by atoms with van der Waals surface area (Å²) in [5.74, 6) is 5.01. The molecule has 1 fully saturated rings. The topological polar surface area (TPSA) is 109 Å². The molecule has 0 aromatic carbocycles. The Morgan fingerprint density at radius 1 is 1.46 bits per heavy atom. The van der Waals surface area contributed by atoms with E-state index in [0.29, 0.717) is 48.0 Å². The highest BCUT2D eigenvalue weighted by Crippen LogP contribution is 2.26. The van der Waals surface area contributed by atoms with Crippen LogP contribution in [0.2, 0.25) is 0 Å². The molecule has 1 saturated heterocycles. The smallest absolute Gasteiger partial charge is 0.382 e. The molecule has 1 atom stereocenters. The first-order valence-electron chi connectivity index (χ1n) is 8.12. The number of aromatic amines is 1. The number of H-pyrrole nitrogens is 1. The van der Waals surface area contributed by atoms with E-state index in [-0.39, 0.29) is 6.04 Å². The van der Waals surface area contributed by atoms with Crippen LogP contribution in [-0.4, -0.2) is 61.8 Å². The van der Waals surface area contributed by atoms with Crippen LogP contribution in [0.4, 0.5) is 5.82 Å². The Morgan fingerprint density at radius 2 is 2.35 bits per heavy atom. The number of carbonyl (C=O) groups is 1. The lowest BCUT2D eigenvalue weighted by Crippen LogP contribution is -2.44. The van der Waals surface area contributed by atoms with Crippen LogP contribution in [0.5, 0.6) is 0 Å². The molecule has 2 N–H and O–H groups in total. The number of rotatable bonds is 2. The highest BCUT2D eigenvalue weighted by atomic mass is 16.5. The maximum Gasteiger partial charge on any atom is 0.382 e. The van der Waals surface area contributed by atoms with Crippen molar-refractivity contribution in [2.24, 2.45) is 0 Å². The highest BCUT2D eigenvalue weighted by Gasteiger charge is 2.22. The minimum Gasteiger partial charge on any atom is -0.472 e. The zero-order chi connectivity index (χ0) is 18.1. The van der Waals surface area contributed by atoms with Crippen molar-refractivity contribution in [3.8, 4) is 17.7 Å². The first-order chi connectivity index (χ1) is 12.6. The van der Waals surface area contributed by atoms with Crippen molar-refractivity contribution < 1.29 is 14.6 Å². The van der Waals surface area contributed by atoms with Crippen molar-refractivity contribution in [3.05, 3.63) is 30.1 Å². The number of pyridine rings is 1. The van der Waals surface area contributed by atoms with Crippen LogP contribution in [-0.2, 0) is 9.53 Å². The zero-order valence-corrected chi connectivity index (χ0v) is 14.0. The molecule has 3 aromatic heterocycles. The molecule has 4 heterocycles. The van der Waals surface area contributed by atoms with E-state index in [1.165, 1.54) is 0 Å². The largest absolute Gasteiger partial charge is 0.472 e. The van der Waals surface area contributed by atoms with Crippen LogP contribution in [0.15, 0.2) is 24.5 Å². The second-order valence-corrected chi connectivity index (χ2v) is 5.93. The molecule has 132 valence electrons. The Bertz CT molecular complexity index is 1010. The number of aromatic nitrogens is 5. The van der Waals surface area contributed by atoms with Crippen LogP contribution in [0.3, 0.4) is 0 Å². The Labute approximate surface area is 148 Å². The highest BCUT2D eigenvalue weighted by molar-refractivity contribution is 5.91. The number of nitrogens with zero attached hydrogens (tertiary/aromatic N) is 5. The average Bonchev–Trinajstić information content (AvgIpc) is 3.29. The van der Waals surface area contributed by atoms with E-state index < -0.39 is 5.97 Å². The molecule has 0 unspecified atom stereocenters. The molecule has 26 heavy (non-hydrogen) atoms. The summed E-state index contributed by atoms with van der Waals surface area (Å²) in [5.41, 5.74) is 1.14. The van der Waals surface area contributed by atoms with Crippen molar-refractivity contribution in [3.63, 3.8) is 0 Å². The molecule has 0 spiro atoms. The minimum absolute atomic E-state index is 0.149. The van der Waals surface area contributed by atoms with Gasteiger partial charge in [-0.25, -0.2) is 9.78 Å². The minimum atomic E-state index is -1.18. The average molecular weight is 352 g/mol. The number of hydrogen-bond donors (Lipinski definition) is 2. The van der Waals surface area contributed by atoms with Crippen molar-refractivity contribution in [1.29, 1.82) is 0 Å². The SMILES string of the molecule is C[C@@H]1COCCN1c1cc(C#CC(=O)O)c2cnn(-c3cc[nH]n3)c2n1. The molecule has 4 rings (SSSR count). The summed E-state index contributed by atoms with van der Waals surface area (Å²) < 4.78 is 7.09. The molecule has 0 amide bonds. The normalized spacial score (nSPS) is 17.1. The maximum absolute atomic E-state index is 10.9. The van der Waals surface area contributed by atoms with Crippen molar-refractivity contribution in [2.45, 2.75) is 13.0 Å². The lowest BCUT2D eigenvalue weighted by Gasteiger charge is -2.34. The molecule has 9 heteroatoms. The van der Waals surface area contributed by atoms with Crippen LogP contribution in [0.25, 0.3) is 16.9 Å². The van der Waals surface area contributed by atoms with Gasteiger partial charge in [0.15, 0.2) is 11.5 Å². The fourth-order valence-corrected chi connectivity index (χ4v) is 2.96. The summed E-state index contributed by atoms with van der Waals surface area (Å²) >= 11 is 0. The fourth-order valence-electron chi connectivity index (χ4n) is 2.96. The van der Waals surface area contributed by atoms with Crippen LogP contribution in [0, 0.1) is 11.8 Å². The van der Waals surface area contributed by atoms with Gasteiger partial charge >= 0.3 is 5.97 Å². The number of morpholine rings is 1. The van der Waals surface area contributed by atoms with E-state index in [2.05, 4.69) is 39.0 Å². The lowest BCUT2D eigenvalue weighted by molar-refractivity contribution is -0.130. The van der Waals surface area contributed by atoms with Gasteiger partial charge < -0.3 is 14.7 Å². The van der Waals surface area contributed by atoms with Gasteiger partial charge in [0.05, 0.1) is 30.8 Å². The van der Waals surface area contributed by atoms with Gasteiger partial charge in [0.25, 0.3) is 0 Å². The van der Waals surface area contributed by atoms with Crippen LogP contribution < -0.4 is 4.90 Å². The number of nitrogens with one attached hydrogen (secondary N) is 1. The van der Waals surface area contributed by atoms with Crippen molar-refractivity contribution in [1.82, 2.24) is 25.0 Å². The van der Waals surface area contributed by atoms with Gasteiger partial charge in [0.2, 0.25) is 0 Å². The molecule has 1 aliphatic rings. The third kappa shape index (κ3) is 2.87. The van der Waals surface area contributed by atoms with E-state index in [1.807, 2.05) is 0 Å². The maximum atomic E-state index is 10.9. The molecule has 0 radical (unpaired) electrons. The van der Waals surface area contributed by atoms with E-state index in [4.69, 9.17) is 14.8 Å². The summed E-state index contributed by atoms with van der Waals surface area (Å²) in [4.78, 5) is 17.8. The standard InChI is InChI=1S/C17H16N6O3/c1-11-10-26-7-6-22(11)15-8-12(2-3-16(24)25)13-9-19-23(17(13)20-15)14-4-5-18-21-14/h4-5,8-9,11H,6-7,10H2,1H3,(H,18,21)(H,24,25)/t11-/m1/s1. The summed E-state index contributed by atoms with van der Waals surface area (Å²) in [6, 6.07) is 3.73. The number of aliphatic carboxylic acids is 1. The van der Waals surface area contributed by atoms with Gasteiger partial charge in [-0.15, -0.1) is 0 Å². The number of fused-ring (bicyclic) bond motifs is 1. The predicted molar refractivity (Wildman–Crippen MR) is 93.2 cm³/mol. The van der Waals surface area contributed by atoms with Gasteiger partial charge in [-0.3, -0.25) is 5.10 Å². The van der Waals surface area contributed by atoms with Gasteiger partial charge in [-0.05, 0) is 13.0 Å². The van der Waals surface area contributed by atoms with Crippen LogP contribution >= 0.6 is 0 Å². The second-order valence-electron chi connectivity index (χ2n) is 5.93. The van der Waals surface area contributed by atoms with E-state index in [1.54, 1.807) is 29.2 Å². The van der Waals surface area contributed by atoms with Crippen molar-refractivity contribution in [2.75, 3.05) is 24.7 Å². The summed E-state index contributed by atoms with van der Waals surface area (Å²) in [6.45, 7) is 3.97. The third-order valence-electron chi connectivity index (χ3n) is 4.20. The predicted octanol–water partition coefficient (Wildman–Crippen LogP) is 0.805. The lowest BCUT2D eigenvalue weighted by atomic mass is 10.1. The summed E-state index contributed by atoms with van der Waals surface area (Å²) in [5, 5.41) is 20.8. The van der Waals surface area contributed by atoms with E-state index in [9.17, 15) is 4.79 Å². The first-order valence-corrected chi connectivity index (χ1v) is 8.12.